The molecule has 0 saturated heterocycles. The summed E-state index contributed by atoms with van der Waals surface area (Å²) in [6.45, 7) is 5.73. The highest BCUT2D eigenvalue weighted by Gasteiger charge is 2.26. The molecule has 111 heavy (non-hydrogen) atoms. The van der Waals surface area contributed by atoms with Gasteiger partial charge in [0.1, 0.15) is 69.0 Å². The number of anilines is 3. The molecule has 19 aliphatic rings. The fraction of sp³-hybridized carbons (Fsp3) is 0.345. The van der Waals surface area contributed by atoms with Gasteiger partial charge in [-0.25, -0.2) is 0 Å². The van der Waals surface area contributed by atoms with Crippen LogP contribution in [-0.4, -0.2) is 84.5 Å². The minimum atomic E-state index is -0.134. The summed E-state index contributed by atoms with van der Waals surface area (Å²) in [4.78, 5) is 51.3. The van der Waals surface area contributed by atoms with Crippen molar-refractivity contribution in [2.75, 3.05) is 54.3 Å². The van der Waals surface area contributed by atoms with Crippen molar-refractivity contribution in [2.45, 2.75) is 155 Å². The van der Waals surface area contributed by atoms with Crippen LogP contribution in [0.25, 0.3) is 0 Å². The molecule has 8 aromatic carbocycles. The molecule has 30 bridgehead atoms. The maximum Gasteiger partial charge on any atom is 0.330 e. The normalized spacial score (nSPS) is 16.4. The van der Waals surface area contributed by atoms with Crippen molar-refractivity contribution >= 4 is 17.8 Å². The predicted molar refractivity (Wildman–Crippen MR) is 417 cm³/mol. The predicted octanol–water partition coefficient (Wildman–Crippen LogP) is 19.6. The van der Waals surface area contributed by atoms with E-state index in [-0.39, 0.29) is 88.4 Å². The van der Waals surface area contributed by atoms with Gasteiger partial charge in [0.2, 0.25) is 17.8 Å². The second-order valence-electron chi connectivity index (χ2n) is 28.4. The van der Waals surface area contributed by atoms with E-state index in [0.717, 1.165) is 183 Å². The number of ether oxygens (including phenoxy) is 12. The molecule has 0 radical (unpaired) electrons. The quantitative estimate of drug-likeness (QED) is 0.137. The molecule has 0 unspecified atom stereocenters. The van der Waals surface area contributed by atoms with Gasteiger partial charge < -0.3 is 71.5 Å². The third-order valence-electron chi connectivity index (χ3n) is 19.6. The topological polar surface area (TPSA) is 236 Å². The Morgan fingerprint density at radius 2 is 0.324 bits per heavy atom. The molecule has 0 amide bonds. The number of aromatic nitrogens is 9. The first kappa shape index (κ1) is 73.0. The lowest BCUT2D eigenvalue weighted by molar-refractivity contribution is 0.297. The first-order chi connectivity index (χ1) is 54.8. The highest BCUT2D eigenvalue weighted by molar-refractivity contribution is 5.51. The minimum absolute atomic E-state index is 0.134. The van der Waals surface area contributed by atoms with Gasteiger partial charge in [-0.05, 0) is 145 Å². The molecule has 22 heterocycles. The Balaban J connectivity index is 0.851. The van der Waals surface area contributed by atoms with Crippen LogP contribution in [0.5, 0.6) is 105 Å². The van der Waals surface area contributed by atoms with Gasteiger partial charge in [0, 0.05) is 75.7 Å². The molecule has 0 atom stereocenters. The van der Waals surface area contributed by atoms with E-state index >= 15 is 0 Å². The van der Waals surface area contributed by atoms with Crippen molar-refractivity contribution < 1.29 is 56.8 Å². The highest BCUT2D eigenvalue weighted by atomic mass is 16.5. The summed E-state index contributed by atoms with van der Waals surface area (Å²) < 4.78 is 79.2. The van der Waals surface area contributed by atoms with Crippen LogP contribution in [0.15, 0.2) is 182 Å². The molecule has 0 fully saturated rings. The van der Waals surface area contributed by atoms with E-state index < -0.39 is 0 Å². The Labute approximate surface area is 646 Å². The SMILES string of the molecule is c1cc2ccc1CN1Cc3ccc(cc3)OCCCCCCCCOc3ccc(cc3)CN3Cc4ccc(cc4)OCCCCCCCCOc4ccc(cc4)CN(Cc4ccc(cc4)OCCCCCCCCO2)c2nc4nc(n2)Oc2cc5cc(c2)Oc2nc(nc3n2)Oc2cc(cc(c2)O4)Oc2nc(nc1n2)O5. The van der Waals surface area contributed by atoms with Crippen LogP contribution in [0.2, 0.25) is 0 Å². The summed E-state index contributed by atoms with van der Waals surface area (Å²) in [6, 6.07) is 57.9. The van der Waals surface area contributed by atoms with E-state index in [0.29, 0.717) is 78.9 Å². The minimum Gasteiger partial charge on any atom is -0.494 e. The smallest absolute Gasteiger partial charge is 0.330 e. The van der Waals surface area contributed by atoms with Crippen LogP contribution < -0.4 is 71.5 Å². The average molecular weight is 1500 g/mol. The molecule has 19 aliphatic heterocycles. The summed E-state index contributed by atoms with van der Waals surface area (Å²) >= 11 is 0. The largest absolute Gasteiger partial charge is 0.494 e. The van der Waals surface area contributed by atoms with Gasteiger partial charge in [0.15, 0.2) is 0 Å². The summed E-state index contributed by atoms with van der Waals surface area (Å²) in [5, 5.41) is 0. The van der Waals surface area contributed by atoms with Crippen molar-refractivity contribution in [3.63, 3.8) is 0 Å². The molecule has 0 aliphatic carbocycles. The molecule has 570 valence electrons. The maximum absolute atomic E-state index is 6.88. The van der Waals surface area contributed by atoms with Crippen LogP contribution in [0, 0.1) is 0 Å². The van der Waals surface area contributed by atoms with Crippen molar-refractivity contribution in [2.24, 2.45) is 0 Å². The second-order valence-corrected chi connectivity index (χ2v) is 28.4. The van der Waals surface area contributed by atoms with Gasteiger partial charge in [0.25, 0.3) is 0 Å². The first-order valence-corrected chi connectivity index (χ1v) is 39.0. The first-order valence-electron chi connectivity index (χ1n) is 39.0. The van der Waals surface area contributed by atoms with Crippen molar-refractivity contribution in [1.82, 2.24) is 44.9 Å². The number of rotatable bonds is 0. The van der Waals surface area contributed by atoms with Gasteiger partial charge in [-0.1, -0.05) is 150 Å². The third kappa shape index (κ3) is 21.0. The van der Waals surface area contributed by atoms with Crippen LogP contribution in [0.3, 0.4) is 0 Å². The molecule has 0 spiro atoms. The lowest BCUT2D eigenvalue weighted by atomic mass is 10.1. The standard InChI is InChI=1S/C87H90N12O12/c1-2-8-14-44-101-68-33-21-62(22-34-68)56-98-58-64-25-37-70(38-26-64)103-46-16-10-5-6-12-18-48-105-72-41-29-66(30-42-72)60-99-59-65-27-39-71(40-28-65)104-47-17-11-4-3-9-15-45-102-69-35-23-63(24-36-69)57-97(55-61-19-31-67(32-20-61)100-43-13-7-1)79-88-82-94-83(89-79)107-74-50-76-54-78(52-74)111-87-93-81(99)92-86(96-87)110-77-51-73(106-82)49-75(53-77)108-84-90-80(98)91-85(95-84)109-76/h19-42,49-54H,1-18,43-48,55-60H2. The lowest BCUT2D eigenvalue weighted by Gasteiger charge is -2.24. The van der Waals surface area contributed by atoms with E-state index in [1.165, 1.54) is 0 Å². The zero-order chi connectivity index (χ0) is 74.6. The number of hydrogen-bond acceptors (Lipinski definition) is 24. The van der Waals surface area contributed by atoms with E-state index in [4.69, 9.17) is 102 Å². The Hall–Kier alpha value is -12.2. The Bertz CT molecular complexity index is 4060. The molecule has 11 aromatic rings. The van der Waals surface area contributed by atoms with Crippen molar-refractivity contribution in [3.8, 4) is 105 Å². The molecule has 0 N–H and O–H groups in total. The van der Waals surface area contributed by atoms with E-state index in [1.807, 2.05) is 87.5 Å². The third-order valence-corrected chi connectivity index (χ3v) is 19.6. The van der Waals surface area contributed by atoms with Crippen molar-refractivity contribution in [1.29, 1.82) is 0 Å². The zero-order valence-electron chi connectivity index (χ0n) is 62.3. The van der Waals surface area contributed by atoms with Gasteiger partial charge in [-0.15, -0.1) is 15.0 Å². The summed E-state index contributed by atoms with van der Waals surface area (Å²) in [5.41, 5.74) is 5.77. The highest BCUT2D eigenvalue weighted by Crippen LogP contribution is 2.41. The molecular formula is C87H90N12O12. The second kappa shape index (κ2) is 36.3. The Morgan fingerprint density at radius 3 is 0.486 bits per heavy atom. The maximum atomic E-state index is 6.88. The van der Waals surface area contributed by atoms with E-state index in [1.54, 1.807) is 36.4 Å². The van der Waals surface area contributed by atoms with Crippen LogP contribution in [0.1, 0.15) is 149 Å². The monoisotopic (exact) mass is 1490 g/mol. The average Bonchev–Trinajstić information content (AvgIpc) is 0.796. The van der Waals surface area contributed by atoms with Gasteiger partial charge >= 0.3 is 36.1 Å². The molecule has 3 aromatic heterocycles. The Morgan fingerprint density at radius 1 is 0.171 bits per heavy atom. The van der Waals surface area contributed by atoms with Crippen LogP contribution in [0.4, 0.5) is 17.8 Å². The molecular weight excluding hydrogens is 1410 g/mol. The Kier molecular flexibility index (Phi) is 23.9. The van der Waals surface area contributed by atoms with Crippen molar-refractivity contribution in [3.05, 3.63) is 215 Å². The molecule has 24 nitrogen and oxygen atoms in total. The number of hydrogen-bond donors (Lipinski definition) is 0. The number of benzene rings is 8. The fourth-order valence-corrected chi connectivity index (χ4v) is 13.7. The van der Waals surface area contributed by atoms with E-state index in [2.05, 4.69) is 72.8 Å². The molecule has 0 saturated carbocycles. The van der Waals surface area contributed by atoms with Crippen LogP contribution >= 0.6 is 0 Å². The fourth-order valence-electron chi connectivity index (χ4n) is 13.7. The number of fused-ring (bicyclic) bond motifs is 2. The van der Waals surface area contributed by atoms with Gasteiger partial charge in [-0.2, -0.15) is 29.9 Å². The summed E-state index contributed by atoms with van der Waals surface area (Å²) in [5.74, 6) is 6.30. The van der Waals surface area contributed by atoms with Gasteiger partial charge in [-0.3, -0.25) is 0 Å². The molecule has 30 rings (SSSR count). The zero-order valence-corrected chi connectivity index (χ0v) is 62.3. The number of nitrogens with zero attached hydrogens (tertiary/aromatic N) is 12. The molecule has 24 heteroatoms. The van der Waals surface area contributed by atoms with Gasteiger partial charge in [0.05, 0.1) is 39.6 Å². The van der Waals surface area contributed by atoms with E-state index in [9.17, 15) is 0 Å². The summed E-state index contributed by atoms with van der Waals surface area (Å²) in [7, 11) is 0. The van der Waals surface area contributed by atoms with Crippen LogP contribution in [-0.2, 0) is 39.3 Å². The summed E-state index contributed by atoms with van der Waals surface area (Å²) in [6.07, 6.45) is 18.8. The lowest BCUT2D eigenvalue weighted by Crippen LogP contribution is -2.25.